The Hall–Kier alpha value is -1.85. The van der Waals surface area contributed by atoms with Crippen LogP contribution in [0.15, 0.2) is 30.3 Å². The number of rotatable bonds is 6. The van der Waals surface area contributed by atoms with Crippen molar-refractivity contribution in [2.45, 2.75) is 33.4 Å². The lowest BCUT2D eigenvalue weighted by Gasteiger charge is -2.14. The number of nitrogens with one attached hydrogen (secondary N) is 1. The average molecular weight is 336 g/mol. The van der Waals surface area contributed by atoms with E-state index < -0.39 is 6.10 Å². The molecule has 1 aromatic heterocycles. The highest BCUT2D eigenvalue weighted by molar-refractivity contribution is 6.33. The molecule has 0 aliphatic heterocycles. The predicted molar refractivity (Wildman–Crippen MR) is 90.7 cm³/mol. The first kappa shape index (κ1) is 17.5. The zero-order chi connectivity index (χ0) is 17.0. The standard InChI is InChI=1S/C17H22ClN3O2/c1-11(2)14(22)9-19-17(23)15-12(3)20-21(16(15)18)10-13-7-5-4-6-8-13/h4-8,11,14,22H,9-10H2,1-3H3,(H,19,23). The number of carbonyl (C=O) groups excluding carboxylic acids is 1. The van der Waals surface area contributed by atoms with Crippen LogP contribution in [0.4, 0.5) is 0 Å². The zero-order valence-corrected chi connectivity index (χ0v) is 14.3. The molecule has 0 aliphatic carbocycles. The molecule has 23 heavy (non-hydrogen) atoms. The summed E-state index contributed by atoms with van der Waals surface area (Å²) in [7, 11) is 0. The third kappa shape index (κ3) is 4.33. The lowest BCUT2D eigenvalue weighted by atomic mass is 10.1. The van der Waals surface area contributed by atoms with Crippen molar-refractivity contribution in [1.82, 2.24) is 15.1 Å². The van der Waals surface area contributed by atoms with E-state index in [0.717, 1.165) is 5.56 Å². The molecule has 0 aliphatic rings. The lowest BCUT2D eigenvalue weighted by molar-refractivity contribution is 0.0871. The summed E-state index contributed by atoms with van der Waals surface area (Å²) >= 11 is 6.33. The largest absolute Gasteiger partial charge is 0.391 e. The molecule has 0 spiro atoms. The molecule has 1 atom stereocenters. The summed E-state index contributed by atoms with van der Waals surface area (Å²) < 4.78 is 1.61. The Morgan fingerprint density at radius 3 is 2.61 bits per heavy atom. The van der Waals surface area contributed by atoms with Gasteiger partial charge in [-0.3, -0.25) is 4.79 Å². The smallest absolute Gasteiger partial charge is 0.256 e. The second-order valence-electron chi connectivity index (χ2n) is 5.92. The predicted octanol–water partition coefficient (Wildman–Crippen LogP) is 2.64. The van der Waals surface area contributed by atoms with Crippen LogP contribution in [-0.2, 0) is 6.54 Å². The fourth-order valence-electron chi connectivity index (χ4n) is 2.19. The van der Waals surface area contributed by atoms with Crippen molar-refractivity contribution < 1.29 is 9.90 Å². The third-order valence-electron chi connectivity index (χ3n) is 3.71. The Morgan fingerprint density at radius 1 is 1.35 bits per heavy atom. The molecule has 2 rings (SSSR count). The Morgan fingerprint density at radius 2 is 2.00 bits per heavy atom. The van der Waals surface area contributed by atoms with Crippen LogP contribution in [0.3, 0.4) is 0 Å². The van der Waals surface area contributed by atoms with Gasteiger partial charge in [-0.25, -0.2) is 4.68 Å². The summed E-state index contributed by atoms with van der Waals surface area (Å²) in [6.45, 7) is 6.24. The minimum absolute atomic E-state index is 0.0765. The molecule has 0 radical (unpaired) electrons. The van der Waals surface area contributed by atoms with Gasteiger partial charge in [0, 0.05) is 6.54 Å². The number of nitrogens with zero attached hydrogens (tertiary/aromatic N) is 2. The maximum Gasteiger partial charge on any atom is 0.256 e. The number of hydrogen-bond acceptors (Lipinski definition) is 3. The van der Waals surface area contributed by atoms with Gasteiger partial charge in [-0.15, -0.1) is 0 Å². The van der Waals surface area contributed by atoms with Gasteiger partial charge in [0.1, 0.15) is 5.15 Å². The van der Waals surface area contributed by atoms with Crippen molar-refractivity contribution in [3.63, 3.8) is 0 Å². The van der Waals surface area contributed by atoms with Crippen molar-refractivity contribution in [3.05, 3.63) is 52.3 Å². The van der Waals surface area contributed by atoms with E-state index in [1.54, 1.807) is 11.6 Å². The molecule has 2 N–H and O–H groups in total. The Bertz CT molecular complexity index is 668. The van der Waals surface area contributed by atoms with Crippen LogP contribution in [0.2, 0.25) is 5.15 Å². The summed E-state index contributed by atoms with van der Waals surface area (Å²) in [6, 6.07) is 9.79. The Kier molecular flexibility index (Phi) is 5.80. The lowest BCUT2D eigenvalue weighted by Crippen LogP contribution is -2.35. The van der Waals surface area contributed by atoms with Gasteiger partial charge in [-0.05, 0) is 18.4 Å². The van der Waals surface area contributed by atoms with E-state index >= 15 is 0 Å². The highest BCUT2D eigenvalue weighted by atomic mass is 35.5. The van der Waals surface area contributed by atoms with Crippen LogP contribution in [0.5, 0.6) is 0 Å². The molecular formula is C17H22ClN3O2. The molecular weight excluding hydrogens is 314 g/mol. The van der Waals surface area contributed by atoms with Gasteiger partial charge in [0.2, 0.25) is 0 Å². The summed E-state index contributed by atoms with van der Waals surface area (Å²) in [6.07, 6.45) is -0.586. The molecule has 1 aromatic carbocycles. The summed E-state index contributed by atoms with van der Waals surface area (Å²) in [5.74, 6) is -0.237. The van der Waals surface area contributed by atoms with Crippen LogP contribution in [0.25, 0.3) is 0 Å². The van der Waals surface area contributed by atoms with Crippen LogP contribution in [0.1, 0.15) is 35.5 Å². The second kappa shape index (κ2) is 7.62. The van der Waals surface area contributed by atoms with Crippen molar-refractivity contribution in [1.29, 1.82) is 0 Å². The maximum atomic E-state index is 12.3. The summed E-state index contributed by atoms with van der Waals surface area (Å²) in [5, 5.41) is 17.2. The Labute approximate surface area is 141 Å². The van der Waals surface area contributed by atoms with Crippen molar-refractivity contribution in [2.24, 2.45) is 5.92 Å². The number of aryl methyl sites for hydroxylation is 1. The molecule has 0 saturated heterocycles. The molecule has 1 heterocycles. The molecule has 0 saturated carbocycles. The van der Waals surface area contributed by atoms with Gasteiger partial charge >= 0.3 is 0 Å². The first-order valence-electron chi connectivity index (χ1n) is 7.63. The van der Waals surface area contributed by atoms with Crippen LogP contribution in [-0.4, -0.2) is 33.4 Å². The minimum Gasteiger partial charge on any atom is -0.391 e. The van der Waals surface area contributed by atoms with Gasteiger partial charge in [0.25, 0.3) is 5.91 Å². The third-order valence-corrected chi connectivity index (χ3v) is 4.09. The van der Waals surface area contributed by atoms with E-state index in [2.05, 4.69) is 10.4 Å². The van der Waals surface area contributed by atoms with Crippen LogP contribution < -0.4 is 5.32 Å². The first-order chi connectivity index (χ1) is 10.9. The van der Waals surface area contributed by atoms with E-state index in [1.807, 2.05) is 44.2 Å². The van der Waals surface area contributed by atoms with E-state index in [1.165, 1.54) is 0 Å². The number of aliphatic hydroxyl groups excluding tert-OH is 1. The van der Waals surface area contributed by atoms with Crippen LogP contribution in [0, 0.1) is 12.8 Å². The first-order valence-corrected chi connectivity index (χ1v) is 8.01. The second-order valence-corrected chi connectivity index (χ2v) is 6.27. The number of benzene rings is 1. The quantitative estimate of drug-likeness (QED) is 0.852. The SMILES string of the molecule is Cc1nn(Cc2ccccc2)c(Cl)c1C(=O)NCC(O)C(C)C. The number of aliphatic hydroxyl groups is 1. The molecule has 0 bridgehead atoms. The highest BCUT2D eigenvalue weighted by Gasteiger charge is 2.21. The fourth-order valence-corrected chi connectivity index (χ4v) is 2.51. The maximum absolute atomic E-state index is 12.3. The van der Waals surface area contributed by atoms with Crippen molar-refractivity contribution in [2.75, 3.05) is 6.54 Å². The van der Waals surface area contributed by atoms with E-state index in [0.29, 0.717) is 23.0 Å². The minimum atomic E-state index is -0.586. The van der Waals surface area contributed by atoms with Gasteiger partial charge in [0.15, 0.2) is 0 Å². The number of amides is 1. The molecule has 5 nitrogen and oxygen atoms in total. The number of halogens is 1. The summed E-state index contributed by atoms with van der Waals surface area (Å²) in [5.41, 5.74) is 1.99. The topological polar surface area (TPSA) is 67.2 Å². The number of hydrogen-bond donors (Lipinski definition) is 2. The fraction of sp³-hybridized carbons (Fsp3) is 0.412. The van der Waals surface area contributed by atoms with E-state index in [-0.39, 0.29) is 18.4 Å². The van der Waals surface area contributed by atoms with E-state index in [4.69, 9.17) is 11.6 Å². The summed E-state index contributed by atoms with van der Waals surface area (Å²) in [4.78, 5) is 12.3. The molecule has 1 amide bonds. The zero-order valence-electron chi connectivity index (χ0n) is 13.6. The average Bonchev–Trinajstić information content (AvgIpc) is 2.79. The van der Waals surface area contributed by atoms with E-state index in [9.17, 15) is 9.90 Å². The van der Waals surface area contributed by atoms with Crippen molar-refractivity contribution in [3.8, 4) is 0 Å². The normalized spacial score (nSPS) is 12.4. The van der Waals surface area contributed by atoms with Gasteiger partial charge in [-0.1, -0.05) is 55.8 Å². The van der Waals surface area contributed by atoms with Gasteiger partial charge in [-0.2, -0.15) is 5.10 Å². The van der Waals surface area contributed by atoms with Gasteiger partial charge in [0.05, 0.1) is 23.9 Å². The molecule has 0 fully saturated rings. The van der Waals surface area contributed by atoms with Crippen molar-refractivity contribution >= 4 is 17.5 Å². The highest BCUT2D eigenvalue weighted by Crippen LogP contribution is 2.21. The number of aromatic nitrogens is 2. The molecule has 124 valence electrons. The molecule has 6 heteroatoms. The van der Waals surface area contributed by atoms with Crippen LogP contribution >= 0.6 is 11.6 Å². The van der Waals surface area contributed by atoms with Gasteiger partial charge < -0.3 is 10.4 Å². The Balaban J connectivity index is 2.12. The molecule has 1 unspecified atom stereocenters. The number of carbonyl (C=O) groups is 1. The monoisotopic (exact) mass is 335 g/mol. The molecule has 2 aromatic rings.